The molecule has 2 N–H and O–H groups in total. The molecule has 1 atom stereocenters. The van der Waals surface area contributed by atoms with Crippen molar-refractivity contribution < 1.29 is 19.1 Å². The van der Waals surface area contributed by atoms with E-state index in [0.29, 0.717) is 22.2 Å². The fourth-order valence-electron chi connectivity index (χ4n) is 3.59. The van der Waals surface area contributed by atoms with Crippen molar-refractivity contribution in [1.29, 1.82) is 0 Å². The van der Waals surface area contributed by atoms with Crippen LogP contribution in [-0.2, 0) is 6.54 Å². The number of hydrogen-bond acceptors (Lipinski definition) is 3. The molecular formula is C24H20FN3O3. The summed E-state index contributed by atoms with van der Waals surface area (Å²) >= 11 is 0. The fourth-order valence-corrected chi connectivity index (χ4v) is 3.59. The summed E-state index contributed by atoms with van der Waals surface area (Å²) in [5, 5.41) is 10.0. The fraction of sp³-hybridized carbons (Fsp3) is 0.125. The highest BCUT2D eigenvalue weighted by molar-refractivity contribution is 6.06. The van der Waals surface area contributed by atoms with Crippen molar-refractivity contribution in [3.05, 3.63) is 101 Å². The van der Waals surface area contributed by atoms with Gasteiger partial charge in [-0.25, -0.2) is 14.2 Å². The summed E-state index contributed by atoms with van der Waals surface area (Å²) in [5.74, 6) is -1.63. The van der Waals surface area contributed by atoms with Gasteiger partial charge in [0.2, 0.25) is 0 Å². The summed E-state index contributed by atoms with van der Waals surface area (Å²) in [6.07, 6.45) is 3.27. The largest absolute Gasteiger partial charge is 0.478 e. The molecule has 2 aromatic heterocycles. The first-order valence-corrected chi connectivity index (χ1v) is 9.75. The van der Waals surface area contributed by atoms with Crippen LogP contribution in [0.3, 0.4) is 0 Å². The lowest BCUT2D eigenvalue weighted by Crippen LogP contribution is -2.33. The Morgan fingerprint density at radius 3 is 2.65 bits per heavy atom. The number of rotatable bonds is 6. The second kappa shape index (κ2) is 8.39. The van der Waals surface area contributed by atoms with E-state index in [-0.39, 0.29) is 29.9 Å². The zero-order chi connectivity index (χ0) is 22.0. The normalized spacial score (nSPS) is 11.9. The van der Waals surface area contributed by atoms with Gasteiger partial charge in [0.1, 0.15) is 11.5 Å². The zero-order valence-electron chi connectivity index (χ0n) is 16.7. The highest BCUT2D eigenvalue weighted by atomic mass is 19.1. The topological polar surface area (TPSA) is 86.3 Å². The van der Waals surface area contributed by atoms with Gasteiger partial charge in [0.15, 0.2) is 0 Å². The summed E-state index contributed by atoms with van der Waals surface area (Å²) < 4.78 is 13.4. The maximum absolute atomic E-state index is 13.6. The molecule has 0 saturated carbocycles. The van der Waals surface area contributed by atoms with Crippen LogP contribution in [0.1, 0.15) is 44.8 Å². The van der Waals surface area contributed by atoms with E-state index in [1.807, 2.05) is 13.0 Å². The molecule has 4 rings (SSSR count). The molecule has 0 aliphatic carbocycles. The molecule has 0 radical (unpaired) electrons. The molecule has 6 nitrogen and oxygen atoms in total. The Morgan fingerprint density at radius 1 is 1.13 bits per heavy atom. The number of carbonyl (C=O) groups excluding carboxylic acids is 1. The average molecular weight is 417 g/mol. The number of aromatic nitrogens is 2. The van der Waals surface area contributed by atoms with Gasteiger partial charge in [-0.05, 0) is 54.4 Å². The Hall–Kier alpha value is -4.00. The number of hydrogen-bond donors (Lipinski definition) is 2. The highest BCUT2D eigenvalue weighted by Crippen LogP contribution is 2.27. The average Bonchev–Trinajstić information content (AvgIpc) is 3.21. The second-order valence-corrected chi connectivity index (χ2v) is 7.27. The highest BCUT2D eigenvalue weighted by Gasteiger charge is 2.25. The van der Waals surface area contributed by atoms with Crippen molar-refractivity contribution in [2.24, 2.45) is 0 Å². The molecule has 1 unspecified atom stereocenters. The van der Waals surface area contributed by atoms with Gasteiger partial charge in [0, 0.05) is 24.3 Å². The van der Waals surface area contributed by atoms with E-state index in [0.717, 1.165) is 5.56 Å². The molecule has 2 heterocycles. The molecule has 0 bridgehead atoms. The molecule has 31 heavy (non-hydrogen) atoms. The lowest BCUT2D eigenvalue weighted by atomic mass is 10.0. The Bertz CT molecular complexity index is 1250. The summed E-state index contributed by atoms with van der Waals surface area (Å²) in [4.78, 5) is 33.9. The molecule has 0 fully saturated rings. The number of halogens is 1. The zero-order valence-corrected chi connectivity index (χ0v) is 16.7. The van der Waals surface area contributed by atoms with E-state index in [1.165, 1.54) is 18.2 Å². The SMILES string of the molecule is CC(c1ccc(F)cc1)N(Cc1cccc(C(=O)O)c1)C(=O)c1c[nH]c2ncccc12. The monoisotopic (exact) mass is 417 g/mol. The lowest BCUT2D eigenvalue weighted by molar-refractivity contribution is 0.0676. The Morgan fingerprint density at radius 2 is 1.90 bits per heavy atom. The van der Waals surface area contributed by atoms with E-state index in [2.05, 4.69) is 9.97 Å². The number of fused-ring (bicyclic) bond motifs is 1. The van der Waals surface area contributed by atoms with Crippen LogP contribution in [0.2, 0.25) is 0 Å². The van der Waals surface area contributed by atoms with E-state index < -0.39 is 5.97 Å². The Kier molecular flexibility index (Phi) is 5.49. The van der Waals surface area contributed by atoms with Gasteiger partial charge in [-0.3, -0.25) is 4.79 Å². The second-order valence-electron chi connectivity index (χ2n) is 7.27. The molecule has 2 aromatic carbocycles. The minimum Gasteiger partial charge on any atom is -0.478 e. The van der Waals surface area contributed by atoms with Crippen LogP contribution in [0.15, 0.2) is 73.1 Å². The number of amides is 1. The van der Waals surface area contributed by atoms with E-state index in [9.17, 15) is 19.1 Å². The van der Waals surface area contributed by atoms with Crippen LogP contribution in [0.5, 0.6) is 0 Å². The van der Waals surface area contributed by atoms with Crippen molar-refractivity contribution in [3.63, 3.8) is 0 Å². The molecule has 0 spiro atoms. The lowest BCUT2D eigenvalue weighted by Gasteiger charge is -2.30. The minimum absolute atomic E-state index is 0.149. The van der Waals surface area contributed by atoms with E-state index in [1.54, 1.807) is 53.7 Å². The number of aromatic carboxylic acids is 1. The van der Waals surface area contributed by atoms with Gasteiger partial charge in [-0.1, -0.05) is 24.3 Å². The first-order valence-electron chi connectivity index (χ1n) is 9.75. The predicted octanol–water partition coefficient (Wildman–Crippen LogP) is 4.80. The Balaban J connectivity index is 1.74. The standard InChI is InChI=1S/C24H20FN3O3/c1-15(17-7-9-19(25)10-8-17)28(14-16-4-2-5-18(12-16)24(30)31)23(29)21-13-27-22-20(21)6-3-11-26-22/h2-13,15H,14H2,1H3,(H,26,27)(H,30,31). The van der Waals surface area contributed by atoms with Gasteiger partial charge in [-0.2, -0.15) is 0 Å². The van der Waals surface area contributed by atoms with Crippen molar-refractivity contribution in [1.82, 2.24) is 14.9 Å². The maximum Gasteiger partial charge on any atom is 0.335 e. The van der Waals surface area contributed by atoms with Crippen LogP contribution in [0.25, 0.3) is 11.0 Å². The number of aromatic amines is 1. The number of nitrogens with one attached hydrogen (secondary N) is 1. The molecular weight excluding hydrogens is 397 g/mol. The quantitative estimate of drug-likeness (QED) is 0.472. The summed E-state index contributed by atoms with van der Waals surface area (Å²) in [6.45, 7) is 2.05. The van der Waals surface area contributed by atoms with Crippen LogP contribution < -0.4 is 0 Å². The van der Waals surface area contributed by atoms with Crippen LogP contribution >= 0.6 is 0 Å². The molecule has 0 aliphatic rings. The van der Waals surface area contributed by atoms with Crippen molar-refractivity contribution in [2.75, 3.05) is 0 Å². The van der Waals surface area contributed by atoms with Gasteiger partial charge in [0.05, 0.1) is 17.2 Å². The molecule has 4 aromatic rings. The van der Waals surface area contributed by atoms with Crippen LogP contribution in [0.4, 0.5) is 4.39 Å². The number of carbonyl (C=O) groups is 2. The van der Waals surface area contributed by atoms with Crippen LogP contribution in [-0.4, -0.2) is 31.9 Å². The van der Waals surface area contributed by atoms with E-state index in [4.69, 9.17) is 0 Å². The van der Waals surface area contributed by atoms with Gasteiger partial charge in [-0.15, -0.1) is 0 Å². The van der Waals surface area contributed by atoms with Crippen molar-refractivity contribution in [2.45, 2.75) is 19.5 Å². The van der Waals surface area contributed by atoms with Crippen LogP contribution in [0, 0.1) is 5.82 Å². The number of pyridine rings is 1. The van der Waals surface area contributed by atoms with Crippen molar-refractivity contribution >= 4 is 22.9 Å². The molecule has 0 aliphatic heterocycles. The number of nitrogens with zero attached hydrogens (tertiary/aromatic N) is 2. The molecule has 0 saturated heterocycles. The van der Waals surface area contributed by atoms with Gasteiger partial charge < -0.3 is 15.0 Å². The minimum atomic E-state index is -1.03. The third kappa shape index (κ3) is 4.16. The first kappa shape index (κ1) is 20.3. The molecule has 7 heteroatoms. The van der Waals surface area contributed by atoms with Gasteiger partial charge in [0.25, 0.3) is 5.91 Å². The van der Waals surface area contributed by atoms with Gasteiger partial charge >= 0.3 is 5.97 Å². The Labute approximate surface area is 178 Å². The third-order valence-electron chi connectivity index (χ3n) is 5.29. The molecule has 1 amide bonds. The summed E-state index contributed by atoms with van der Waals surface area (Å²) in [7, 11) is 0. The number of carboxylic acid groups (broad SMARTS) is 1. The smallest absolute Gasteiger partial charge is 0.335 e. The predicted molar refractivity (Wildman–Crippen MR) is 114 cm³/mol. The summed E-state index contributed by atoms with van der Waals surface area (Å²) in [5.41, 5.74) is 2.66. The first-order chi connectivity index (χ1) is 14.9. The number of benzene rings is 2. The van der Waals surface area contributed by atoms with E-state index >= 15 is 0 Å². The third-order valence-corrected chi connectivity index (χ3v) is 5.29. The number of carboxylic acids is 1. The molecule has 156 valence electrons. The summed E-state index contributed by atoms with van der Waals surface area (Å²) in [6, 6.07) is 15.7. The maximum atomic E-state index is 13.6. The van der Waals surface area contributed by atoms with Crippen molar-refractivity contribution in [3.8, 4) is 0 Å². The number of H-pyrrole nitrogens is 1.